The van der Waals surface area contributed by atoms with E-state index >= 15 is 0 Å². The van der Waals surface area contributed by atoms with Crippen molar-refractivity contribution >= 4 is 17.1 Å². The van der Waals surface area contributed by atoms with Crippen molar-refractivity contribution in [1.29, 1.82) is 0 Å². The van der Waals surface area contributed by atoms with Crippen LogP contribution in [0.5, 0.6) is 0 Å². The molecular weight excluding hydrogens is 374 g/mol. The van der Waals surface area contributed by atoms with E-state index in [1.165, 1.54) is 0 Å². The van der Waals surface area contributed by atoms with Gasteiger partial charge in [-0.1, -0.05) is 44.2 Å². The molecule has 0 spiro atoms. The molecule has 4 rings (SSSR count). The van der Waals surface area contributed by atoms with Gasteiger partial charge >= 0.3 is 0 Å². The molecule has 0 radical (unpaired) electrons. The van der Waals surface area contributed by atoms with Gasteiger partial charge in [0.1, 0.15) is 0 Å². The van der Waals surface area contributed by atoms with E-state index in [0.29, 0.717) is 5.56 Å². The molecule has 1 aliphatic rings. The average molecular weight is 406 g/mol. The van der Waals surface area contributed by atoms with Gasteiger partial charge in [-0.05, 0) is 45.5 Å². The fourth-order valence-electron chi connectivity index (χ4n) is 4.89. The summed E-state index contributed by atoms with van der Waals surface area (Å²) in [6, 6.07) is 12.4. The first-order valence-corrected chi connectivity index (χ1v) is 10.5. The first kappa shape index (κ1) is 20.4. The lowest BCUT2D eigenvalue weighted by molar-refractivity contribution is 0.0595. The second-order valence-electron chi connectivity index (χ2n) is 9.35. The number of nitrogens with two attached hydrogens (primary N) is 1. The summed E-state index contributed by atoms with van der Waals surface area (Å²) in [6.45, 7) is 6.91. The normalized spacial score (nSPS) is 23.2. The zero-order valence-electron chi connectivity index (χ0n) is 18.4. The van der Waals surface area contributed by atoms with Gasteiger partial charge in [0, 0.05) is 28.8 Å². The lowest BCUT2D eigenvalue weighted by atomic mass is 9.73. The molecule has 0 saturated heterocycles. The second-order valence-corrected chi connectivity index (χ2v) is 9.35. The molecule has 0 unspecified atom stereocenters. The van der Waals surface area contributed by atoms with E-state index in [2.05, 4.69) is 68.4 Å². The Kier molecular flexibility index (Phi) is 4.85. The average Bonchev–Trinajstić information content (AvgIpc) is 3.24. The molecule has 3 N–H and O–H groups in total. The van der Waals surface area contributed by atoms with Crippen LogP contribution in [0.4, 0.5) is 5.69 Å². The van der Waals surface area contributed by atoms with Gasteiger partial charge in [0.25, 0.3) is 5.91 Å². The minimum absolute atomic E-state index is 0.0134. The van der Waals surface area contributed by atoms with Gasteiger partial charge in [-0.25, -0.2) is 4.52 Å². The van der Waals surface area contributed by atoms with Crippen molar-refractivity contribution in [3.8, 4) is 11.1 Å². The quantitative estimate of drug-likeness (QED) is 0.672. The summed E-state index contributed by atoms with van der Waals surface area (Å²) < 4.78 is 1.82. The Balaban J connectivity index is 1.80. The molecule has 0 bridgehead atoms. The molecule has 158 valence electrons. The van der Waals surface area contributed by atoms with Crippen molar-refractivity contribution in [2.45, 2.75) is 45.2 Å². The molecular formula is C24H31N5O. The van der Waals surface area contributed by atoms with Crippen molar-refractivity contribution in [2.24, 2.45) is 11.1 Å². The fourth-order valence-corrected chi connectivity index (χ4v) is 4.89. The highest BCUT2D eigenvalue weighted by molar-refractivity contribution is 6.02. The highest BCUT2D eigenvalue weighted by atomic mass is 16.1. The van der Waals surface area contributed by atoms with Gasteiger partial charge in [-0.2, -0.15) is 5.10 Å². The summed E-state index contributed by atoms with van der Waals surface area (Å²) in [5, 5.41) is 8.16. The minimum Gasteiger partial charge on any atom is -0.379 e. The highest BCUT2D eigenvalue weighted by Gasteiger charge is 2.53. The Labute approximate surface area is 178 Å². The van der Waals surface area contributed by atoms with Gasteiger partial charge in [-0.15, -0.1) is 0 Å². The number of carbonyl (C=O) groups is 1. The summed E-state index contributed by atoms with van der Waals surface area (Å²) in [4.78, 5) is 14.6. The lowest BCUT2D eigenvalue weighted by Crippen LogP contribution is -2.53. The monoisotopic (exact) mass is 405 g/mol. The third-order valence-electron chi connectivity index (χ3n) is 7.49. The van der Waals surface area contributed by atoms with Crippen LogP contribution in [0.25, 0.3) is 16.6 Å². The van der Waals surface area contributed by atoms with Gasteiger partial charge in [-0.3, -0.25) is 4.79 Å². The van der Waals surface area contributed by atoms with E-state index in [4.69, 9.17) is 5.73 Å². The summed E-state index contributed by atoms with van der Waals surface area (Å²) in [5.41, 5.74) is 9.98. The van der Waals surface area contributed by atoms with E-state index in [1.807, 2.05) is 28.9 Å². The Hall–Kier alpha value is -2.86. The number of primary amides is 1. The summed E-state index contributed by atoms with van der Waals surface area (Å²) in [7, 11) is 4.28. The van der Waals surface area contributed by atoms with E-state index in [0.717, 1.165) is 35.2 Å². The predicted molar refractivity (Wildman–Crippen MR) is 122 cm³/mol. The maximum Gasteiger partial charge on any atom is 0.252 e. The zero-order chi connectivity index (χ0) is 21.7. The maximum atomic E-state index is 12.2. The number of amides is 1. The predicted octanol–water partition coefficient (Wildman–Crippen LogP) is 4.02. The van der Waals surface area contributed by atoms with Gasteiger partial charge in [0.2, 0.25) is 0 Å². The summed E-state index contributed by atoms with van der Waals surface area (Å²) in [6.07, 6.45) is 5.65. The van der Waals surface area contributed by atoms with Crippen LogP contribution < -0.4 is 11.1 Å². The number of rotatable bonds is 5. The number of carbonyl (C=O) groups excluding carboxylic acids is 1. The molecule has 2 atom stereocenters. The molecule has 3 aromatic rings. The number of fused-ring (bicyclic) bond motifs is 1. The molecule has 1 aromatic carbocycles. The Morgan fingerprint density at radius 2 is 1.90 bits per heavy atom. The van der Waals surface area contributed by atoms with Crippen molar-refractivity contribution < 1.29 is 4.79 Å². The minimum atomic E-state index is -0.471. The van der Waals surface area contributed by atoms with Crippen LogP contribution in [0.2, 0.25) is 0 Å². The highest BCUT2D eigenvalue weighted by Crippen LogP contribution is 2.50. The lowest BCUT2D eigenvalue weighted by Gasteiger charge is -2.46. The third-order valence-corrected chi connectivity index (χ3v) is 7.49. The Morgan fingerprint density at radius 1 is 1.20 bits per heavy atom. The molecule has 2 heterocycles. The number of hydrogen-bond donors (Lipinski definition) is 2. The van der Waals surface area contributed by atoms with Crippen molar-refractivity contribution in [1.82, 2.24) is 14.5 Å². The summed E-state index contributed by atoms with van der Waals surface area (Å²) >= 11 is 0. The van der Waals surface area contributed by atoms with E-state index in [1.54, 1.807) is 6.20 Å². The number of aromatic nitrogens is 2. The molecule has 1 saturated carbocycles. The van der Waals surface area contributed by atoms with Gasteiger partial charge in [0.05, 0.1) is 23.0 Å². The topological polar surface area (TPSA) is 75.7 Å². The molecule has 2 aromatic heterocycles. The van der Waals surface area contributed by atoms with Crippen LogP contribution in [0.1, 0.15) is 44.0 Å². The first-order chi connectivity index (χ1) is 14.1. The first-order valence-electron chi connectivity index (χ1n) is 10.5. The SMILES string of the molecule is CN(C)[C@@]1(C)CC[C@@H](Nc2c(C(N)=O)cnn3cc(-c4ccccc4)cc23)C1(C)C. The van der Waals surface area contributed by atoms with Crippen molar-refractivity contribution in [3.63, 3.8) is 0 Å². The summed E-state index contributed by atoms with van der Waals surface area (Å²) in [5.74, 6) is -0.471. The molecule has 0 aliphatic heterocycles. The second kappa shape index (κ2) is 7.13. The van der Waals surface area contributed by atoms with Crippen LogP contribution in [-0.2, 0) is 0 Å². The van der Waals surface area contributed by atoms with E-state index in [-0.39, 0.29) is 17.0 Å². The molecule has 6 heteroatoms. The number of anilines is 1. The largest absolute Gasteiger partial charge is 0.379 e. The maximum absolute atomic E-state index is 12.2. The van der Waals surface area contributed by atoms with Gasteiger partial charge < -0.3 is 16.0 Å². The van der Waals surface area contributed by atoms with Crippen molar-refractivity contribution in [3.05, 3.63) is 54.4 Å². The van der Waals surface area contributed by atoms with Crippen LogP contribution >= 0.6 is 0 Å². The molecule has 1 aliphatic carbocycles. The molecule has 1 amide bonds. The van der Waals surface area contributed by atoms with Crippen LogP contribution in [0, 0.1) is 5.41 Å². The zero-order valence-corrected chi connectivity index (χ0v) is 18.4. The Bertz CT molecular complexity index is 1090. The van der Waals surface area contributed by atoms with Crippen LogP contribution in [0.15, 0.2) is 48.8 Å². The molecule has 30 heavy (non-hydrogen) atoms. The third kappa shape index (κ3) is 3.06. The number of benzene rings is 1. The van der Waals surface area contributed by atoms with E-state index in [9.17, 15) is 4.79 Å². The standard InChI is InChI=1S/C24H31N5O/c1-23(2)20(11-12-24(23,3)28(4)5)27-21-18(22(25)30)14-26-29-15-17(13-19(21)29)16-9-7-6-8-10-16/h6-10,13-15,20,27H,11-12H2,1-5H3,(H2,25,30)/t20-,24+/m1/s1. The Morgan fingerprint density at radius 3 is 2.50 bits per heavy atom. The molecule has 1 fully saturated rings. The van der Waals surface area contributed by atoms with Gasteiger partial charge in [0.15, 0.2) is 0 Å². The number of nitrogens with zero attached hydrogens (tertiary/aromatic N) is 3. The fraction of sp³-hybridized carbons (Fsp3) is 0.417. The van der Waals surface area contributed by atoms with Crippen molar-refractivity contribution in [2.75, 3.05) is 19.4 Å². The van der Waals surface area contributed by atoms with Crippen LogP contribution in [-0.4, -0.2) is 46.1 Å². The smallest absolute Gasteiger partial charge is 0.252 e. The van der Waals surface area contributed by atoms with Crippen LogP contribution in [0.3, 0.4) is 0 Å². The molecule has 6 nitrogen and oxygen atoms in total. The number of hydrogen-bond acceptors (Lipinski definition) is 4. The number of nitrogens with one attached hydrogen (secondary N) is 1. The van der Waals surface area contributed by atoms with E-state index < -0.39 is 5.91 Å².